The Labute approximate surface area is 116 Å². The van der Waals surface area contributed by atoms with Gasteiger partial charge in [0.15, 0.2) is 6.10 Å². The molecule has 0 aliphatic carbocycles. The molecule has 20 heavy (non-hydrogen) atoms. The Morgan fingerprint density at radius 1 is 1.40 bits per heavy atom. The first-order valence-corrected chi connectivity index (χ1v) is 5.97. The average Bonchev–Trinajstić information content (AvgIpc) is 2.44. The van der Waals surface area contributed by atoms with Gasteiger partial charge in [0, 0.05) is 12.6 Å². The highest BCUT2D eigenvalue weighted by Crippen LogP contribution is 2.18. The standard InChI is InChI=1S/C13H18N2O5/c1-15(13(19)14-7-10(16)12(17)18)8-9-5-3-4-6-11(9)20-2/h3-6,10,16H,7-8H2,1-2H3,(H,14,19)(H,17,18)/t10-/m0/s1. The Kier molecular flexibility index (Phi) is 5.79. The molecule has 0 aliphatic heterocycles. The van der Waals surface area contributed by atoms with Crippen molar-refractivity contribution in [1.29, 1.82) is 0 Å². The van der Waals surface area contributed by atoms with Crippen molar-refractivity contribution in [2.24, 2.45) is 0 Å². The van der Waals surface area contributed by atoms with Crippen LogP contribution in [-0.4, -0.2) is 53.9 Å². The number of urea groups is 1. The number of carboxylic acid groups (broad SMARTS) is 1. The van der Waals surface area contributed by atoms with E-state index in [-0.39, 0.29) is 6.54 Å². The van der Waals surface area contributed by atoms with Crippen LogP contribution in [0, 0.1) is 0 Å². The summed E-state index contributed by atoms with van der Waals surface area (Å²) < 4.78 is 5.18. The Bertz CT molecular complexity index is 478. The quantitative estimate of drug-likeness (QED) is 0.696. The lowest BCUT2D eigenvalue weighted by Crippen LogP contribution is -2.42. The van der Waals surface area contributed by atoms with Gasteiger partial charge in [-0.2, -0.15) is 0 Å². The second-order valence-corrected chi connectivity index (χ2v) is 4.21. The van der Waals surface area contributed by atoms with Crippen molar-refractivity contribution in [2.75, 3.05) is 20.7 Å². The van der Waals surface area contributed by atoms with E-state index in [1.54, 1.807) is 20.2 Å². The fraction of sp³-hybridized carbons (Fsp3) is 0.385. The number of carboxylic acids is 1. The van der Waals surface area contributed by atoms with Crippen LogP contribution in [0.15, 0.2) is 24.3 Å². The second-order valence-electron chi connectivity index (χ2n) is 4.21. The summed E-state index contributed by atoms with van der Waals surface area (Å²) in [5, 5.41) is 19.9. The lowest BCUT2D eigenvalue weighted by molar-refractivity contribution is -0.146. The van der Waals surface area contributed by atoms with Crippen LogP contribution in [0.3, 0.4) is 0 Å². The Morgan fingerprint density at radius 2 is 2.05 bits per heavy atom. The molecule has 0 bridgehead atoms. The van der Waals surface area contributed by atoms with Gasteiger partial charge < -0.3 is 25.2 Å². The van der Waals surface area contributed by atoms with Crippen LogP contribution in [0.2, 0.25) is 0 Å². The van der Waals surface area contributed by atoms with Gasteiger partial charge in [0.1, 0.15) is 5.75 Å². The Balaban J connectivity index is 2.55. The van der Waals surface area contributed by atoms with Crippen LogP contribution < -0.4 is 10.1 Å². The van der Waals surface area contributed by atoms with Crippen molar-refractivity contribution in [2.45, 2.75) is 12.6 Å². The van der Waals surface area contributed by atoms with E-state index in [9.17, 15) is 9.59 Å². The van der Waals surface area contributed by atoms with Gasteiger partial charge in [-0.15, -0.1) is 0 Å². The monoisotopic (exact) mass is 282 g/mol. The number of hydrogen-bond acceptors (Lipinski definition) is 4. The van der Waals surface area contributed by atoms with Gasteiger partial charge in [0.05, 0.1) is 20.2 Å². The summed E-state index contributed by atoms with van der Waals surface area (Å²) in [6.45, 7) is -0.0382. The van der Waals surface area contributed by atoms with Crippen LogP contribution in [0.1, 0.15) is 5.56 Å². The van der Waals surface area contributed by atoms with Crippen LogP contribution >= 0.6 is 0 Å². The molecule has 0 saturated carbocycles. The smallest absolute Gasteiger partial charge is 0.334 e. The molecule has 0 unspecified atom stereocenters. The van der Waals surface area contributed by atoms with E-state index in [1.165, 1.54) is 4.90 Å². The first-order valence-electron chi connectivity index (χ1n) is 5.97. The molecule has 0 aromatic heterocycles. The molecule has 1 aromatic carbocycles. The molecule has 0 aliphatic rings. The minimum atomic E-state index is -1.61. The van der Waals surface area contributed by atoms with E-state index in [0.717, 1.165) is 5.56 Å². The predicted molar refractivity (Wildman–Crippen MR) is 71.5 cm³/mol. The summed E-state index contributed by atoms with van der Waals surface area (Å²) >= 11 is 0. The number of aliphatic carboxylic acids is 1. The number of ether oxygens (including phenoxy) is 1. The summed E-state index contributed by atoms with van der Waals surface area (Å²) in [5.41, 5.74) is 0.825. The van der Waals surface area contributed by atoms with Crippen molar-refractivity contribution in [3.63, 3.8) is 0 Å². The summed E-state index contributed by atoms with van der Waals surface area (Å²) in [6, 6.07) is 6.80. The first-order chi connectivity index (χ1) is 9.45. The fourth-order valence-electron chi connectivity index (χ4n) is 1.57. The minimum absolute atomic E-state index is 0.305. The van der Waals surface area contributed by atoms with Gasteiger partial charge in [0.2, 0.25) is 0 Å². The summed E-state index contributed by atoms with van der Waals surface area (Å²) in [6.07, 6.45) is -1.61. The molecule has 1 atom stereocenters. The van der Waals surface area contributed by atoms with Gasteiger partial charge >= 0.3 is 12.0 Å². The van der Waals surface area contributed by atoms with Gasteiger partial charge in [-0.25, -0.2) is 9.59 Å². The zero-order chi connectivity index (χ0) is 15.1. The van der Waals surface area contributed by atoms with E-state index in [0.29, 0.717) is 12.3 Å². The lowest BCUT2D eigenvalue weighted by Gasteiger charge is -2.19. The van der Waals surface area contributed by atoms with Crippen molar-refractivity contribution in [1.82, 2.24) is 10.2 Å². The van der Waals surface area contributed by atoms with E-state index < -0.39 is 18.1 Å². The zero-order valence-corrected chi connectivity index (χ0v) is 11.4. The molecule has 7 nitrogen and oxygen atoms in total. The normalized spacial score (nSPS) is 11.6. The summed E-state index contributed by atoms with van der Waals surface area (Å²) in [4.78, 5) is 23.5. The molecule has 3 N–H and O–H groups in total. The molecule has 7 heteroatoms. The maximum absolute atomic E-state index is 11.7. The van der Waals surface area contributed by atoms with E-state index in [1.807, 2.05) is 18.2 Å². The lowest BCUT2D eigenvalue weighted by atomic mass is 10.2. The number of aliphatic hydroxyl groups is 1. The van der Waals surface area contributed by atoms with Crippen molar-refractivity contribution < 1.29 is 24.5 Å². The number of nitrogens with one attached hydrogen (secondary N) is 1. The third-order valence-corrected chi connectivity index (χ3v) is 2.68. The van der Waals surface area contributed by atoms with Gasteiger partial charge in [-0.05, 0) is 6.07 Å². The summed E-state index contributed by atoms with van der Waals surface area (Å²) in [7, 11) is 3.11. The molecule has 110 valence electrons. The highest BCUT2D eigenvalue weighted by atomic mass is 16.5. The summed E-state index contributed by atoms with van der Waals surface area (Å²) in [5.74, 6) is -0.713. The first kappa shape index (κ1) is 15.8. The van der Waals surface area contributed by atoms with Crippen molar-refractivity contribution in [3.05, 3.63) is 29.8 Å². The number of amides is 2. The fourth-order valence-corrected chi connectivity index (χ4v) is 1.57. The van der Waals surface area contributed by atoms with Gasteiger partial charge in [0.25, 0.3) is 0 Å². The molecule has 0 heterocycles. The number of nitrogens with zero attached hydrogens (tertiary/aromatic N) is 1. The SMILES string of the molecule is COc1ccccc1CN(C)C(=O)NC[C@H](O)C(=O)O. The zero-order valence-electron chi connectivity index (χ0n) is 11.4. The van der Waals surface area contributed by atoms with Gasteiger partial charge in [-0.3, -0.25) is 0 Å². The van der Waals surface area contributed by atoms with Crippen LogP contribution in [0.4, 0.5) is 4.79 Å². The molecule has 0 saturated heterocycles. The third kappa shape index (κ3) is 4.43. The predicted octanol–water partition coefficient (Wildman–Crippen LogP) is 0.282. The number of carbonyl (C=O) groups excluding carboxylic acids is 1. The Hall–Kier alpha value is -2.28. The molecular formula is C13H18N2O5. The minimum Gasteiger partial charge on any atom is -0.496 e. The number of benzene rings is 1. The topological polar surface area (TPSA) is 99.1 Å². The highest BCUT2D eigenvalue weighted by molar-refractivity contribution is 5.76. The third-order valence-electron chi connectivity index (χ3n) is 2.68. The largest absolute Gasteiger partial charge is 0.496 e. The highest BCUT2D eigenvalue weighted by Gasteiger charge is 2.16. The molecule has 2 amide bonds. The maximum atomic E-state index is 11.7. The van der Waals surface area contributed by atoms with Crippen molar-refractivity contribution in [3.8, 4) is 5.75 Å². The molecule has 1 aromatic rings. The number of rotatable bonds is 6. The van der Waals surface area contributed by atoms with Crippen LogP contribution in [-0.2, 0) is 11.3 Å². The number of hydrogen-bond donors (Lipinski definition) is 3. The average molecular weight is 282 g/mol. The van der Waals surface area contributed by atoms with Crippen molar-refractivity contribution >= 4 is 12.0 Å². The van der Waals surface area contributed by atoms with E-state index >= 15 is 0 Å². The number of carbonyl (C=O) groups is 2. The van der Waals surface area contributed by atoms with E-state index in [4.69, 9.17) is 14.9 Å². The van der Waals surface area contributed by atoms with E-state index in [2.05, 4.69) is 5.32 Å². The Morgan fingerprint density at radius 3 is 2.65 bits per heavy atom. The molecular weight excluding hydrogens is 264 g/mol. The molecule has 0 radical (unpaired) electrons. The second kappa shape index (κ2) is 7.34. The van der Waals surface area contributed by atoms with Gasteiger partial charge in [-0.1, -0.05) is 18.2 Å². The molecule has 0 spiro atoms. The van der Waals surface area contributed by atoms with Crippen LogP contribution in [0.25, 0.3) is 0 Å². The van der Waals surface area contributed by atoms with Crippen LogP contribution in [0.5, 0.6) is 5.75 Å². The maximum Gasteiger partial charge on any atom is 0.334 e. The number of para-hydroxylation sites is 1. The molecule has 0 fully saturated rings. The number of methoxy groups -OCH3 is 1. The molecule has 1 rings (SSSR count). The number of aliphatic hydroxyl groups excluding tert-OH is 1.